The molecule has 6 rings (SSSR count). The maximum atomic E-state index is 13.4. The van der Waals surface area contributed by atoms with Crippen LogP contribution >= 0.6 is 0 Å². The molecule has 12 heteroatoms. The van der Waals surface area contributed by atoms with Crippen LogP contribution in [0, 0.1) is 23.0 Å². The molecule has 1 N–H and O–H groups in total. The Labute approximate surface area is 222 Å². The van der Waals surface area contributed by atoms with E-state index in [1.807, 2.05) is 23.1 Å². The van der Waals surface area contributed by atoms with Crippen LogP contribution in [-0.4, -0.2) is 72.8 Å². The summed E-state index contributed by atoms with van der Waals surface area (Å²) in [7, 11) is 0. The van der Waals surface area contributed by atoms with Gasteiger partial charge in [0.1, 0.15) is 35.8 Å². The molecule has 0 radical (unpaired) electrons. The first-order valence-electron chi connectivity index (χ1n) is 12.8. The maximum Gasteiger partial charge on any atom is 0.410 e. The van der Waals surface area contributed by atoms with Gasteiger partial charge < -0.3 is 14.6 Å². The Kier molecular flexibility index (Phi) is 6.44. The van der Waals surface area contributed by atoms with Crippen molar-refractivity contribution in [2.75, 3.05) is 26.2 Å². The van der Waals surface area contributed by atoms with Crippen LogP contribution in [0.1, 0.15) is 24.8 Å². The molecule has 0 aliphatic carbocycles. The minimum absolute atomic E-state index is 0.188. The van der Waals surface area contributed by atoms with E-state index in [2.05, 4.69) is 31.0 Å². The molecular formula is C27H26F2N8O2. The number of carbonyl (C=O) groups excluding carboxylic acids is 1. The summed E-state index contributed by atoms with van der Waals surface area (Å²) in [6.45, 7) is 2.23. The van der Waals surface area contributed by atoms with Gasteiger partial charge in [-0.25, -0.2) is 23.5 Å². The fourth-order valence-corrected chi connectivity index (χ4v) is 5.60. The van der Waals surface area contributed by atoms with Crippen LogP contribution in [-0.2, 0) is 16.9 Å². The third-order valence-electron chi connectivity index (χ3n) is 7.62. The second-order valence-electron chi connectivity index (χ2n) is 10.2. The van der Waals surface area contributed by atoms with Crippen molar-refractivity contribution in [1.82, 2.24) is 34.5 Å². The van der Waals surface area contributed by atoms with Crippen LogP contribution in [0.2, 0.25) is 0 Å². The monoisotopic (exact) mass is 532 g/mol. The molecule has 0 saturated carbocycles. The molecule has 10 nitrogen and oxygen atoms in total. The van der Waals surface area contributed by atoms with Crippen LogP contribution in [0.5, 0.6) is 0 Å². The highest BCUT2D eigenvalue weighted by Gasteiger charge is 2.48. The third kappa shape index (κ3) is 4.81. The number of nitriles is 1. The van der Waals surface area contributed by atoms with Gasteiger partial charge in [0, 0.05) is 61.6 Å². The lowest BCUT2D eigenvalue weighted by Gasteiger charge is -2.53. The van der Waals surface area contributed by atoms with E-state index in [0.717, 1.165) is 53.3 Å². The van der Waals surface area contributed by atoms with Crippen LogP contribution < -0.4 is 0 Å². The van der Waals surface area contributed by atoms with E-state index in [-0.39, 0.29) is 18.2 Å². The number of benzene rings is 1. The number of fused-ring (bicyclic) bond motifs is 1. The highest BCUT2D eigenvalue weighted by Crippen LogP contribution is 2.37. The van der Waals surface area contributed by atoms with Gasteiger partial charge in [-0.3, -0.25) is 9.58 Å². The van der Waals surface area contributed by atoms with Gasteiger partial charge in [-0.15, -0.1) is 0 Å². The second-order valence-corrected chi connectivity index (χ2v) is 10.2. The van der Waals surface area contributed by atoms with Gasteiger partial charge >= 0.3 is 6.09 Å². The molecule has 200 valence electrons. The topological polar surface area (TPSA) is 116 Å². The molecule has 4 aromatic rings. The summed E-state index contributed by atoms with van der Waals surface area (Å²) >= 11 is 0. The van der Waals surface area contributed by atoms with Gasteiger partial charge in [-0.2, -0.15) is 10.4 Å². The van der Waals surface area contributed by atoms with Gasteiger partial charge in [0.15, 0.2) is 0 Å². The van der Waals surface area contributed by atoms with Crippen molar-refractivity contribution < 1.29 is 18.3 Å². The predicted octanol–water partition coefficient (Wildman–Crippen LogP) is 3.83. The summed E-state index contributed by atoms with van der Waals surface area (Å²) < 4.78 is 33.9. The minimum Gasteiger partial charge on any atom is -0.445 e. The normalized spacial score (nSPS) is 17.6. The summed E-state index contributed by atoms with van der Waals surface area (Å²) in [5, 5.41) is 15.1. The minimum atomic E-state index is -0.706. The van der Waals surface area contributed by atoms with Crippen LogP contribution in [0.15, 0.2) is 49.2 Å². The Morgan fingerprint density at radius 3 is 2.69 bits per heavy atom. The van der Waals surface area contributed by atoms with E-state index in [4.69, 9.17) is 4.74 Å². The van der Waals surface area contributed by atoms with Crippen molar-refractivity contribution in [3.63, 3.8) is 0 Å². The Morgan fingerprint density at radius 2 is 1.95 bits per heavy atom. The molecule has 1 amide bonds. The third-order valence-corrected chi connectivity index (χ3v) is 7.62. The Balaban J connectivity index is 1.05. The van der Waals surface area contributed by atoms with E-state index >= 15 is 0 Å². The first kappa shape index (κ1) is 24.9. The Bertz CT molecular complexity index is 1530. The van der Waals surface area contributed by atoms with Crippen molar-refractivity contribution in [1.29, 1.82) is 5.26 Å². The van der Waals surface area contributed by atoms with Crippen LogP contribution in [0.4, 0.5) is 13.6 Å². The molecular weight excluding hydrogens is 506 g/mol. The number of halogens is 2. The van der Waals surface area contributed by atoms with Crippen molar-refractivity contribution >= 4 is 17.1 Å². The van der Waals surface area contributed by atoms with Gasteiger partial charge in [0.2, 0.25) is 0 Å². The lowest BCUT2D eigenvalue weighted by Crippen LogP contribution is -2.66. The molecule has 2 aliphatic heterocycles. The molecule has 2 saturated heterocycles. The number of likely N-dealkylation sites (tertiary alicyclic amines) is 2. The van der Waals surface area contributed by atoms with Gasteiger partial charge in [-0.05, 0) is 36.6 Å². The molecule has 0 spiro atoms. The molecule has 2 fully saturated rings. The summed E-state index contributed by atoms with van der Waals surface area (Å²) in [6.07, 6.45) is 8.44. The maximum absolute atomic E-state index is 13.4. The highest BCUT2D eigenvalue weighted by molar-refractivity contribution is 5.90. The lowest BCUT2D eigenvalue weighted by molar-refractivity contribution is -0.0426. The van der Waals surface area contributed by atoms with Gasteiger partial charge in [-0.1, -0.05) is 0 Å². The zero-order chi connectivity index (χ0) is 27.0. The molecule has 3 aromatic heterocycles. The van der Waals surface area contributed by atoms with E-state index in [0.29, 0.717) is 32.6 Å². The quantitative estimate of drug-likeness (QED) is 0.401. The van der Waals surface area contributed by atoms with Crippen molar-refractivity contribution in [3.8, 4) is 17.3 Å². The standard InChI is InChI=1S/C27H26F2N8O2/c28-20-9-18(10-21(29)11-20)14-39-26(38)35-7-2-22(3-8-35)36-15-27(16-36,4-5-30)37-13-19(12-34-37)24-23-1-6-31-25(23)33-17-32-24/h1,6,9-13,17,22H,2-4,7-8,14-16H2,(H,31,32,33). The number of hydrogen-bond donors (Lipinski definition) is 1. The SMILES string of the molecule is N#CCC1(n2cc(-c3ncnc4[nH]ccc34)cn2)CN(C2CCN(C(=O)OCc3cc(F)cc(F)c3)CC2)C1. The number of H-pyrrole nitrogens is 1. The molecule has 39 heavy (non-hydrogen) atoms. The number of ether oxygens (including phenoxy) is 1. The molecule has 0 atom stereocenters. The second kappa shape index (κ2) is 10.1. The first-order valence-corrected chi connectivity index (χ1v) is 12.8. The number of nitrogens with zero attached hydrogens (tertiary/aromatic N) is 7. The Morgan fingerprint density at radius 1 is 1.18 bits per heavy atom. The molecule has 0 bridgehead atoms. The van der Waals surface area contributed by atoms with E-state index in [9.17, 15) is 18.8 Å². The number of piperidine rings is 1. The summed E-state index contributed by atoms with van der Waals surface area (Å²) in [5.41, 5.74) is 2.26. The molecule has 2 aliphatic rings. The average molecular weight is 533 g/mol. The van der Waals surface area contributed by atoms with Crippen molar-refractivity contribution in [2.24, 2.45) is 0 Å². The number of amides is 1. The fourth-order valence-electron chi connectivity index (χ4n) is 5.60. The van der Waals surface area contributed by atoms with Crippen molar-refractivity contribution in [2.45, 2.75) is 37.5 Å². The smallest absolute Gasteiger partial charge is 0.410 e. The van der Waals surface area contributed by atoms with E-state index < -0.39 is 23.3 Å². The number of nitrogens with one attached hydrogen (secondary N) is 1. The zero-order valence-corrected chi connectivity index (χ0v) is 21.1. The number of hydrogen-bond acceptors (Lipinski definition) is 7. The number of aromatic amines is 1. The van der Waals surface area contributed by atoms with Gasteiger partial charge in [0.25, 0.3) is 0 Å². The summed E-state index contributed by atoms with van der Waals surface area (Å²) in [5.74, 6) is -1.41. The van der Waals surface area contributed by atoms with E-state index in [1.165, 1.54) is 6.33 Å². The highest BCUT2D eigenvalue weighted by atomic mass is 19.1. The fraction of sp³-hybridized carbons (Fsp3) is 0.370. The largest absolute Gasteiger partial charge is 0.445 e. The first-order chi connectivity index (χ1) is 18.9. The predicted molar refractivity (Wildman–Crippen MR) is 136 cm³/mol. The Hall–Kier alpha value is -4.37. The number of rotatable bonds is 6. The summed E-state index contributed by atoms with van der Waals surface area (Å²) in [6, 6.07) is 7.61. The lowest BCUT2D eigenvalue weighted by atomic mass is 9.84. The van der Waals surface area contributed by atoms with E-state index in [1.54, 1.807) is 11.1 Å². The molecule has 1 aromatic carbocycles. The zero-order valence-electron chi connectivity index (χ0n) is 21.1. The molecule has 0 unspecified atom stereocenters. The van der Waals surface area contributed by atoms with Crippen LogP contribution in [0.3, 0.4) is 0 Å². The summed E-state index contributed by atoms with van der Waals surface area (Å²) in [4.78, 5) is 28.2. The van der Waals surface area contributed by atoms with Crippen molar-refractivity contribution in [3.05, 3.63) is 66.4 Å². The molecule has 5 heterocycles. The number of carbonyl (C=O) groups is 1. The van der Waals surface area contributed by atoms with Gasteiger partial charge in [0.05, 0.1) is 24.4 Å². The average Bonchev–Trinajstić information content (AvgIpc) is 3.59. The number of aromatic nitrogens is 5. The van der Waals surface area contributed by atoms with Crippen LogP contribution in [0.25, 0.3) is 22.3 Å².